The van der Waals surface area contributed by atoms with Gasteiger partial charge in [-0.15, -0.1) is 0 Å². The molecule has 2 N–H and O–H groups in total. The summed E-state index contributed by atoms with van der Waals surface area (Å²) in [5.74, 6) is 1.22. The van der Waals surface area contributed by atoms with Crippen LogP contribution in [0, 0.1) is 18.3 Å². The van der Waals surface area contributed by atoms with E-state index in [1.807, 2.05) is 60.7 Å². The second kappa shape index (κ2) is 11.1. The highest BCUT2D eigenvalue weighted by Gasteiger charge is 2.16. The number of oxazole rings is 1. The monoisotopic (exact) mass is 489 g/mol. The van der Waals surface area contributed by atoms with Crippen LogP contribution < -0.4 is 10.1 Å². The molecule has 0 aliphatic carbocycles. The van der Waals surface area contributed by atoms with E-state index >= 15 is 0 Å². The van der Waals surface area contributed by atoms with Crippen LogP contribution in [-0.2, 0) is 13.2 Å². The molecule has 0 fully saturated rings. The molecule has 184 valence electrons. The van der Waals surface area contributed by atoms with Gasteiger partial charge in [-0.05, 0) is 53.4 Å². The number of ether oxygens (including phenoxy) is 1. The highest BCUT2D eigenvalue weighted by molar-refractivity contribution is 5.81. The number of hydrogen-bond acceptors (Lipinski definition) is 6. The smallest absolute Gasteiger partial charge is 0.227 e. The Balaban J connectivity index is 1.50. The standard InChI is InChI=1S/C31H27N3O3/c1-21-26(24-9-3-2-4-10-24)11-6-12-27(21)31-34-28-16-25(19-33-13-14-35)29(17-30(28)37-31)36-20-23-8-5-7-22(15-23)18-32/h2-12,15-17,33,35H,13-14,19-20H2,1H3. The highest BCUT2D eigenvalue weighted by Crippen LogP contribution is 2.35. The first-order valence-electron chi connectivity index (χ1n) is 12.2. The molecule has 6 nitrogen and oxygen atoms in total. The van der Waals surface area contributed by atoms with Crippen LogP contribution in [0.25, 0.3) is 33.7 Å². The first-order valence-corrected chi connectivity index (χ1v) is 12.2. The molecule has 0 aliphatic rings. The van der Waals surface area contributed by atoms with Crippen LogP contribution in [0.1, 0.15) is 22.3 Å². The number of fused-ring (bicyclic) bond motifs is 1. The second-order valence-corrected chi connectivity index (χ2v) is 8.79. The number of rotatable bonds is 9. The van der Waals surface area contributed by atoms with Crippen molar-refractivity contribution in [3.05, 3.63) is 107 Å². The SMILES string of the molecule is Cc1c(-c2ccccc2)cccc1-c1nc2cc(CNCCO)c(OCc3cccc(C#N)c3)cc2o1. The van der Waals surface area contributed by atoms with E-state index in [2.05, 4.69) is 36.5 Å². The molecule has 1 aromatic heterocycles. The van der Waals surface area contributed by atoms with Crippen LogP contribution in [0.4, 0.5) is 0 Å². The van der Waals surface area contributed by atoms with Gasteiger partial charge in [0.25, 0.3) is 0 Å². The van der Waals surface area contributed by atoms with Gasteiger partial charge in [-0.25, -0.2) is 4.98 Å². The van der Waals surface area contributed by atoms with Crippen molar-refractivity contribution in [3.63, 3.8) is 0 Å². The van der Waals surface area contributed by atoms with E-state index in [0.717, 1.165) is 38.9 Å². The third-order valence-electron chi connectivity index (χ3n) is 6.27. The molecule has 0 radical (unpaired) electrons. The van der Waals surface area contributed by atoms with E-state index < -0.39 is 0 Å². The molecule has 0 atom stereocenters. The molecule has 37 heavy (non-hydrogen) atoms. The van der Waals surface area contributed by atoms with Gasteiger partial charge in [-0.3, -0.25) is 0 Å². The molecule has 0 aliphatic heterocycles. The van der Waals surface area contributed by atoms with Crippen LogP contribution in [0.15, 0.2) is 89.3 Å². The number of nitriles is 1. The average molecular weight is 490 g/mol. The van der Waals surface area contributed by atoms with Crippen molar-refractivity contribution >= 4 is 11.1 Å². The van der Waals surface area contributed by atoms with Gasteiger partial charge in [0.05, 0.1) is 18.2 Å². The largest absolute Gasteiger partial charge is 0.488 e. The highest BCUT2D eigenvalue weighted by atomic mass is 16.5. The number of hydrogen-bond donors (Lipinski definition) is 2. The fraction of sp³-hybridized carbons (Fsp3) is 0.161. The third-order valence-corrected chi connectivity index (χ3v) is 6.27. The maximum atomic E-state index is 9.20. The van der Waals surface area contributed by atoms with Crippen LogP contribution >= 0.6 is 0 Å². The van der Waals surface area contributed by atoms with Gasteiger partial charge < -0.3 is 19.6 Å². The fourth-order valence-electron chi connectivity index (χ4n) is 4.38. The minimum atomic E-state index is 0.0462. The molecule has 0 saturated heterocycles. The number of aliphatic hydroxyl groups is 1. The normalized spacial score (nSPS) is 10.9. The lowest BCUT2D eigenvalue weighted by atomic mass is 9.96. The predicted molar refractivity (Wildman–Crippen MR) is 144 cm³/mol. The zero-order valence-corrected chi connectivity index (χ0v) is 20.6. The Morgan fingerprint density at radius 3 is 2.59 bits per heavy atom. The van der Waals surface area contributed by atoms with Crippen molar-refractivity contribution in [1.29, 1.82) is 5.26 Å². The van der Waals surface area contributed by atoms with Gasteiger partial charge in [-0.2, -0.15) is 5.26 Å². The number of benzene rings is 4. The summed E-state index contributed by atoms with van der Waals surface area (Å²) in [6, 6.07) is 29.8. The van der Waals surface area contributed by atoms with Crippen LogP contribution in [-0.4, -0.2) is 23.2 Å². The van der Waals surface area contributed by atoms with Crippen LogP contribution in [0.5, 0.6) is 5.75 Å². The number of nitrogens with zero attached hydrogens (tertiary/aromatic N) is 2. The molecular weight excluding hydrogens is 462 g/mol. The summed E-state index contributed by atoms with van der Waals surface area (Å²) in [6.45, 7) is 3.42. The third kappa shape index (κ3) is 5.39. The van der Waals surface area contributed by atoms with Crippen molar-refractivity contribution < 1.29 is 14.3 Å². The molecule has 0 saturated carbocycles. The zero-order valence-electron chi connectivity index (χ0n) is 20.6. The van der Waals surface area contributed by atoms with Gasteiger partial charge in [0.2, 0.25) is 5.89 Å². The lowest BCUT2D eigenvalue weighted by Gasteiger charge is -2.12. The molecule has 0 amide bonds. The van der Waals surface area contributed by atoms with E-state index in [1.54, 1.807) is 6.07 Å². The van der Waals surface area contributed by atoms with Crippen molar-refractivity contribution in [2.45, 2.75) is 20.1 Å². The van der Waals surface area contributed by atoms with Crippen LogP contribution in [0.2, 0.25) is 0 Å². The summed E-state index contributed by atoms with van der Waals surface area (Å²) in [7, 11) is 0. The molecule has 6 heteroatoms. The number of aliphatic hydroxyl groups excluding tert-OH is 1. The summed E-state index contributed by atoms with van der Waals surface area (Å²) in [6.07, 6.45) is 0. The maximum Gasteiger partial charge on any atom is 0.227 e. The lowest BCUT2D eigenvalue weighted by molar-refractivity contribution is 0.288. The Labute approximate surface area is 215 Å². The Bertz CT molecular complexity index is 1570. The molecule has 5 rings (SSSR count). The molecule has 1 heterocycles. The molecule has 0 bridgehead atoms. The van der Waals surface area contributed by atoms with E-state index in [1.165, 1.54) is 0 Å². The Hall–Kier alpha value is -4.44. The molecular formula is C31H27N3O3. The zero-order chi connectivity index (χ0) is 25.6. The van der Waals surface area contributed by atoms with Crippen molar-refractivity contribution in [2.24, 2.45) is 0 Å². The Morgan fingerprint density at radius 1 is 0.973 bits per heavy atom. The Morgan fingerprint density at radius 2 is 1.78 bits per heavy atom. The minimum Gasteiger partial charge on any atom is -0.488 e. The van der Waals surface area contributed by atoms with E-state index in [-0.39, 0.29) is 6.61 Å². The number of aromatic nitrogens is 1. The first kappa shape index (κ1) is 24.3. The van der Waals surface area contributed by atoms with Gasteiger partial charge in [0.1, 0.15) is 17.9 Å². The quantitative estimate of drug-likeness (QED) is 0.247. The van der Waals surface area contributed by atoms with Crippen LogP contribution in [0.3, 0.4) is 0 Å². The van der Waals surface area contributed by atoms with E-state index in [9.17, 15) is 10.4 Å². The maximum absolute atomic E-state index is 9.20. The van der Waals surface area contributed by atoms with E-state index in [4.69, 9.17) is 14.1 Å². The van der Waals surface area contributed by atoms with Crippen molar-refractivity contribution in [3.8, 4) is 34.4 Å². The topological polar surface area (TPSA) is 91.3 Å². The lowest BCUT2D eigenvalue weighted by Crippen LogP contribution is -2.18. The Kier molecular flexibility index (Phi) is 7.27. The molecule has 4 aromatic carbocycles. The van der Waals surface area contributed by atoms with Gasteiger partial charge >= 0.3 is 0 Å². The molecule has 0 spiro atoms. The van der Waals surface area contributed by atoms with Gasteiger partial charge in [0, 0.05) is 30.3 Å². The average Bonchev–Trinajstić information content (AvgIpc) is 3.35. The van der Waals surface area contributed by atoms with Crippen molar-refractivity contribution in [1.82, 2.24) is 10.3 Å². The van der Waals surface area contributed by atoms with Gasteiger partial charge in [-0.1, -0.05) is 54.6 Å². The summed E-state index contributed by atoms with van der Waals surface area (Å²) in [4.78, 5) is 4.81. The second-order valence-electron chi connectivity index (χ2n) is 8.79. The summed E-state index contributed by atoms with van der Waals surface area (Å²) in [5, 5.41) is 21.6. The molecule has 5 aromatic rings. The van der Waals surface area contributed by atoms with Crippen molar-refractivity contribution in [2.75, 3.05) is 13.2 Å². The van der Waals surface area contributed by atoms with Gasteiger partial charge in [0.15, 0.2) is 5.58 Å². The first-order chi connectivity index (χ1) is 18.2. The fourth-order valence-corrected chi connectivity index (χ4v) is 4.38. The minimum absolute atomic E-state index is 0.0462. The molecule has 0 unspecified atom stereocenters. The summed E-state index contributed by atoms with van der Waals surface area (Å²) in [5.41, 5.74) is 8.09. The summed E-state index contributed by atoms with van der Waals surface area (Å²) < 4.78 is 12.4. The van der Waals surface area contributed by atoms with E-state index in [0.29, 0.717) is 42.5 Å². The number of nitrogens with one attached hydrogen (secondary N) is 1. The predicted octanol–water partition coefficient (Wildman–Crippen LogP) is 6.00. The summed E-state index contributed by atoms with van der Waals surface area (Å²) >= 11 is 0.